The minimum Gasteiger partial charge on any atom is -0.335 e. The molecule has 0 atom stereocenters. The van der Waals surface area contributed by atoms with Gasteiger partial charge >= 0.3 is 6.03 Å². The molecule has 0 saturated carbocycles. The van der Waals surface area contributed by atoms with E-state index in [9.17, 15) is 9.59 Å². The second-order valence-electron chi connectivity index (χ2n) is 6.37. The third-order valence-electron chi connectivity index (χ3n) is 4.45. The molecule has 10 heteroatoms. The Morgan fingerprint density at radius 3 is 2.74 bits per heavy atom. The van der Waals surface area contributed by atoms with Gasteiger partial charge in [0.1, 0.15) is 5.69 Å². The van der Waals surface area contributed by atoms with Gasteiger partial charge in [-0.25, -0.2) is 9.48 Å². The molecule has 2 N–H and O–H groups in total. The van der Waals surface area contributed by atoms with Gasteiger partial charge in [-0.05, 0) is 26.1 Å². The number of pyridine rings is 1. The summed E-state index contributed by atoms with van der Waals surface area (Å²) in [5.41, 5.74) is 1.65. The molecule has 10 nitrogen and oxygen atoms in total. The Labute approximate surface area is 157 Å². The fraction of sp³-hybridized carbons (Fsp3) is 0.471. The molecule has 1 aliphatic heterocycles. The summed E-state index contributed by atoms with van der Waals surface area (Å²) in [5.74, 6) is -0.120. The number of amides is 3. The van der Waals surface area contributed by atoms with Gasteiger partial charge in [0.05, 0.1) is 18.4 Å². The number of carbonyl (C=O) groups excluding carboxylic acids is 2. The van der Waals surface area contributed by atoms with Gasteiger partial charge in [-0.2, -0.15) is 0 Å². The van der Waals surface area contributed by atoms with Crippen molar-refractivity contribution < 1.29 is 9.59 Å². The molecular formula is C17H24N8O2. The Balaban J connectivity index is 1.57. The van der Waals surface area contributed by atoms with Crippen molar-refractivity contribution in [2.75, 3.05) is 38.5 Å². The van der Waals surface area contributed by atoms with Crippen LogP contribution < -0.4 is 10.6 Å². The van der Waals surface area contributed by atoms with E-state index in [4.69, 9.17) is 0 Å². The fourth-order valence-corrected chi connectivity index (χ4v) is 2.83. The molecule has 0 aromatic carbocycles. The monoisotopic (exact) mass is 372 g/mol. The van der Waals surface area contributed by atoms with Crippen LogP contribution >= 0.6 is 0 Å². The molecule has 144 valence electrons. The standard InChI is InChI=1S/C17H24N8O2/c1-3-25-14(12-20-22-25)11-19-17(27)21-13-4-5-18-15(10-13)16(26)24-8-6-23(2)7-9-24/h4-5,10,12H,3,6-9,11H2,1-2H3,(H2,18,19,21,27). The number of anilines is 1. The molecule has 1 saturated heterocycles. The van der Waals surface area contributed by atoms with Crippen LogP contribution in [0.25, 0.3) is 0 Å². The van der Waals surface area contributed by atoms with E-state index in [2.05, 4.69) is 30.8 Å². The Bertz CT molecular complexity index is 798. The summed E-state index contributed by atoms with van der Waals surface area (Å²) in [7, 11) is 2.03. The highest BCUT2D eigenvalue weighted by molar-refractivity contribution is 5.95. The number of aromatic nitrogens is 4. The second-order valence-corrected chi connectivity index (χ2v) is 6.37. The van der Waals surface area contributed by atoms with Gasteiger partial charge < -0.3 is 20.4 Å². The van der Waals surface area contributed by atoms with Crippen molar-refractivity contribution in [1.29, 1.82) is 0 Å². The van der Waals surface area contributed by atoms with Gasteiger partial charge in [0.15, 0.2) is 0 Å². The maximum absolute atomic E-state index is 12.6. The first-order valence-corrected chi connectivity index (χ1v) is 8.93. The smallest absolute Gasteiger partial charge is 0.319 e. The highest BCUT2D eigenvalue weighted by Crippen LogP contribution is 2.12. The van der Waals surface area contributed by atoms with Crippen LogP contribution in [0.15, 0.2) is 24.5 Å². The van der Waals surface area contributed by atoms with Crippen LogP contribution in [0.2, 0.25) is 0 Å². The van der Waals surface area contributed by atoms with Crippen LogP contribution in [0.1, 0.15) is 23.1 Å². The Hall–Kier alpha value is -3.01. The maximum atomic E-state index is 12.6. The largest absolute Gasteiger partial charge is 0.335 e. The van der Waals surface area contributed by atoms with Crippen LogP contribution in [-0.2, 0) is 13.1 Å². The number of urea groups is 1. The van der Waals surface area contributed by atoms with Gasteiger partial charge in [0.25, 0.3) is 5.91 Å². The number of hydrogen-bond acceptors (Lipinski definition) is 6. The van der Waals surface area contributed by atoms with Crippen molar-refractivity contribution in [2.24, 2.45) is 0 Å². The lowest BCUT2D eigenvalue weighted by Crippen LogP contribution is -2.47. The Morgan fingerprint density at radius 2 is 2.00 bits per heavy atom. The van der Waals surface area contributed by atoms with Crippen molar-refractivity contribution >= 4 is 17.6 Å². The van der Waals surface area contributed by atoms with Gasteiger partial charge in [0.2, 0.25) is 0 Å². The summed E-state index contributed by atoms with van der Waals surface area (Å²) in [4.78, 5) is 32.8. The summed E-state index contributed by atoms with van der Waals surface area (Å²) in [6.45, 7) is 5.98. The highest BCUT2D eigenvalue weighted by atomic mass is 16.2. The summed E-state index contributed by atoms with van der Waals surface area (Å²) < 4.78 is 1.71. The average Bonchev–Trinajstić information content (AvgIpc) is 3.14. The molecule has 0 aliphatic carbocycles. The Kier molecular flexibility index (Phi) is 5.97. The zero-order valence-corrected chi connectivity index (χ0v) is 15.6. The molecule has 0 unspecified atom stereocenters. The van der Waals surface area contributed by atoms with Crippen LogP contribution in [0.5, 0.6) is 0 Å². The molecule has 2 aromatic heterocycles. The van der Waals surface area contributed by atoms with Gasteiger partial charge in [0, 0.05) is 44.6 Å². The minimum atomic E-state index is -0.372. The van der Waals surface area contributed by atoms with Gasteiger partial charge in [-0.3, -0.25) is 9.78 Å². The molecule has 3 rings (SSSR count). The molecule has 0 radical (unpaired) electrons. The van der Waals surface area contributed by atoms with Crippen molar-refractivity contribution in [1.82, 2.24) is 35.1 Å². The second kappa shape index (κ2) is 8.58. The van der Waals surface area contributed by atoms with E-state index in [1.165, 1.54) is 6.20 Å². The van der Waals surface area contributed by atoms with Crippen molar-refractivity contribution in [3.63, 3.8) is 0 Å². The van der Waals surface area contributed by atoms with Crippen LogP contribution in [0.3, 0.4) is 0 Å². The first kappa shape index (κ1) is 18.8. The topological polar surface area (TPSA) is 108 Å². The van der Waals surface area contributed by atoms with Gasteiger partial charge in [-0.15, -0.1) is 5.10 Å². The predicted octanol–water partition coefficient (Wildman–Crippen LogP) is 0.402. The summed E-state index contributed by atoms with van der Waals surface area (Å²) >= 11 is 0. The van der Waals surface area contributed by atoms with E-state index in [-0.39, 0.29) is 11.9 Å². The van der Waals surface area contributed by atoms with E-state index in [1.54, 1.807) is 27.9 Å². The first-order valence-electron chi connectivity index (χ1n) is 8.93. The van der Waals surface area contributed by atoms with Crippen LogP contribution in [-0.4, -0.2) is 74.9 Å². The Morgan fingerprint density at radius 1 is 1.22 bits per heavy atom. The number of nitrogens with one attached hydrogen (secondary N) is 2. The summed E-state index contributed by atoms with van der Waals surface area (Å²) in [5, 5.41) is 13.2. The number of hydrogen-bond donors (Lipinski definition) is 2. The molecule has 3 amide bonds. The molecular weight excluding hydrogens is 348 g/mol. The average molecular weight is 372 g/mol. The lowest BCUT2D eigenvalue weighted by atomic mass is 10.2. The van der Waals surface area contributed by atoms with E-state index in [0.717, 1.165) is 18.8 Å². The van der Waals surface area contributed by atoms with E-state index in [1.807, 2.05) is 14.0 Å². The molecule has 0 spiro atoms. The van der Waals surface area contributed by atoms with Crippen LogP contribution in [0, 0.1) is 0 Å². The van der Waals surface area contributed by atoms with E-state index in [0.29, 0.717) is 37.6 Å². The van der Waals surface area contributed by atoms with Crippen molar-refractivity contribution in [3.8, 4) is 0 Å². The van der Waals surface area contributed by atoms with Crippen LogP contribution in [0.4, 0.5) is 10.5 Å². The molecule has 3 heterocycles. The van der Waals surface area contributed by atoms with Crippen molar-refractivity contribution in [2.45, 2.75) is 20.0 Å². The number of piperazine rings is 1. The van der Waals surface area contributed by atoms with Gasteiger partial charge in [-0.1, -0.05) is 5.21 Å². The summed E-state index contributed by atoms with van der Waals surface area (Å²) in [6.07, 6.45) is 3.14. The zero-order chi connectivity index (χ0) is 19.2. The highest BCUT2D eigenvalue weighted by Gasteiger charge is 2.21. The van der Waals surface area contributed by atoms with Crippen molar-refractivity contribution in [3.05, 3.63) is 35.9 Å². The SMILES string of the molecule is CCn1nncc1CNC(=O)Nc1ccnc(C(=O)N2CCN(C)CC2)c1. The first-order chi connectivity index (χ1) is 13.1. The van der Waals surface area contributed by atoms with E-state index >= 15 is 0 Å². The predicted molar refractivity (Wildman–Crippen MR) is 99.2 cm³/mol. The fourth-order valence-electron chi connectivity index (χ4n) is 2.83. The normalized spacial score (nSPS) is 14.8. The lowest BCUT2D eigenvalue weighted by Gasteiger charge is -2.32. The number of rotatable bonds is 5. The zero-order valence-electron chi connectivity index (χ0n) is 15.6. The number of carbonyl (C=O) groups is 2. The third kappa shape index (κ3) is 4.79. The minimum absolute atomic E-state index is 0.120. The number of likely N-dealkylation sites (N-methyl/N-ethyl adjacent to an activating group) is 1. The quantitative estimate of drug-likeness (QED) is 0.787. The molecule has 0 bridgehead atoms. The number of nitrogens with zero attached hydrogens (tertiary/aromatic N) is 6. The maximum Gasteiger partial charge on any atom is 0.319 e. The van der Waals surface area contributed by atoms with E-state index < -0.39 is 0 Å². The third-order valence-corrected chi connectivity index (χ3v) is 4.45. The molecule has 1 aliphatic rings. The molecule has 1 fully saturated rings. The number of aryl methyl sites for hydroxylation is 1. The summed E-state index contributed by atoms with van der Waals surface area (Å²) in [6, 6.07) is 2.87. The lowest BCUT2D eigenvalue weighted by molar-refractivity contribution is 0.0658. The molecule has 27 heavy (non-hydrogen) atoms. The molecule has 2 aromatic rings.